The second kappa shape index (κ2) is 4.04. The van der Waals surface area contributed by atoms with Crippen LogP contribution in [0.15, 0.2) is 4.52 Å². The van der Waals surface area contributed by atoms with Crippen LogP contribution in [0, 0.1) is 6.92 Å². The van der Waals surface area contributed by atoms with Crippen LogP contribution in [0.4, 0.5) is 0 Å². The molecule has 1 heterocycles. The topological polar surface area (TPSA) is 72.6 Å². The van der Waals surface area contributed by atoms with E-state index in [1.807, 2.05) is 0 Å². The number of hydrogen-bond acceptors (Lipinski definition) is 5. The number of aromatic nitrogens is 1. The Morgan fingerprint density at radius 2 is 2.38 bits per heavy atom. The van der Waals surface area contributed by atoms with Crippen LogP contribution in [0.5, 0.6) is 0 Å². The molecule has 0 aliphatic rings. The van der Waals surface area contributed by atoms with Crippen LogP contribution in [-0.4, -0.2) is 22.8 Å². The first-order valence-electron chi connectivity index (χ1n) is 3.93. The number of esters is 1. The number of nitrogens with zero attached hydrogens (tertiary/aromatic N) is 1. The number of aryl methyl sites for hydroxylation is 1. The molecule has 0 unspecified atom stereocenters. The van der Waals surface area contributed by atoms with Gasteiger partial charge in [-0.2, -0.15) is 0 Å². The highest BCUT2D eigenvalue weighted by molar-refractivity contribution is 5.91. The largest absolute Gasteiger partial charge is 0.462 e. The van der Waals surface area contributed by atoms with E-state index in [0.717, 1.165) is 0 Å². The minimum Gasteiger partial charge on any atom is -0.462 e. The van der Waals surface area contributed by atoms with Crippen LogP contribution < -0.4 is 0 Å². The van der Waals surface area contributed by atoms with E-state index in [1.54, 1.807) is 13.8 Å². The van der Waals surface area contributed by atoms with Crippen molar-refractivity contribution in [3.05, 3.63) is 17.0 Å². The Morgan fingerprint density at radius 3 is 2.92 bits per heavy atom. The van der Waals surface area contributed by atoms with E-state index in [4.69, 9.17) is 14.4 Å². The molecule has 0 aromatic carbocycles. The lowest BCUT2D eigenvalue weighted by molar-refractivity contribution is 0.0521. The van der Waals surface area contributed by atoms with E-state index < -0.39 is 5.97 Å². The molecule has 1 aromatic rings. The highest BCUT2D eigenvalue weighted by Crippen LogP contribution is 2.14. The van der Waals surface area contributed by atoms with Gasteiger partial charge in [-0.05, 0) is 13.8 Å². The molecule has 1 rings (SSSR count). The molecule has 5 nitrogen and oxygen atoms in total. The normalized spacial score (nSPS) is 10.1. The number of carbonyl (C=O) groups excluding carboxylic acids is 1. The van der Waals surface area contributed by atoms with Crippen LogP contribution >= 0.6 is 0 Å². The molecule has 0 bridgehead atoms. The number of aliphatic hydroxyl groups is 1. The van der Waals surface area contributed by atoms with E-state index >= 15 is 0 Å². The van der Waals surface area contributed by atoms with Gasteiger partial charge >= 0.3 is 5.97 Å². The minimum atomic E-state index is -0.509. The van der Waals surface area contributed by atoms with Crippen molar-refractivity contribution >= 4 is 5.97 Å². The fourth-order valence-corrected chi connectivity index (χ4v) is 0.991. The van der Waals surface area contributed by atoms with Gasteiger partial charge in [0, 0.05) is 0 Å². The van der Waals surface area contributed by atoms with E-state index in [-0.39, 0.29) is 24.5 Å². The van der Waals surface area contributed by atoms with Gasteiger partial charge in [0.1, 0.15) is 17.0 Å². The van der Waals surface area contributed by atoms with Crippen molar-refractivity contribution in [1.82, 2.24) is 5.16 Å². The van der Waals surface area contributed by atoms with Crippen molar-refractivity contribution in [2.75, 3.05) is 6.61 Å². The molecule has 0 aliphatic heterocycles. The summed E-state index contributed by atoms with van der Waals surface area (Å²) in [7, 11) is 0. The molecule has 72 valence electrons. The Kier molecular flexibility index (Phi) is 3.02. The maximum absolute atomic E-state index is 11.3. The fourth-order valence-electron chi connectivity index (χ4n) is 0.991. The van der Waals surface area contributed by atoms with E-state index in [2.05, 4.69) is 5.16 Å². The van der Waals surface area contributed by atoms with Crippen LogP contribution in [0.25, 0.3) is 0 Å². The first kappa shape index (κ1) is 9.73. The average Bonchev–Trinajstić information content (AvgIpc) is 2.47. The molecule has 1 aromatic heterocycles. The second-order valence-corrected chi connectivity index (χ2v) is 2.44. The van der Waals surface area contributed by atoms with Gasteiger partial charge in [0.2, 0.25) is 0 Å². The SMILES string of the molecule is CCOC(=O)c1c(CO)noc1C. The van der Waals surface area contributed by atoms with Gasteiger partial charge in [0.05, 0.1) is 13.2 Å². The molecular weight excluding hydrogens is 174 g/mol. The number of hydrogen-bond donors (Lipinski definition) is 1. The summed E-state index contributed by atoms with van der Waals surface area (Å²) >= 11 is 0. The zero-order chi connectivity index (χ0) is 9.84. The quantitative estimate of drug-likeness (QED) is 0.700. The minimum absolute atomic E-state index is 0.218. The van der Waals surface area contributed by atoms with Crippen LogP contribution in [0.1, 0.15) is 28.7 Å². The van der Waals surface area contributed by atoms with Crippen molar-refractivity contribution < 1.29 is 19.2 Å². The second-order valence-electron chi connectivity index (χ2n) is 2.44. The number of ether oxygens (including phenoxy) is 1. The Balaban J connectivity index is 2.96. The van der Waals surface area contributed by atoms with Gasteiger partial charge in [0.25, 0.3) is 0 Å². The summed E-state index contributed by atoms with van der Waals surface area (Å²) in [4.78, 5) is 11.3. The Morgan fingerprint density at radius 1 is 1.69 bits per heavy atom. The number of rotatable bonds is 3. The lowest BCUT2D eigenvalue weighted by Crippen LogP contribution is -2.08. The van der Waals surface area contributed by atoms with E-state index in [1.165, 1.54) is 0 Å². The first-order valence-corrected chi connectivity index (χ1v) is 3.93. The van der Waals surface area contributed by atoms with Crippen LogP contribution in [-0.2, 0) is 11.3 Å². The van der Waals surface area contributed by atoms with Gasteiger partial charge in [-0.25, -0.2) is 4.79 Å². The van der Waals surface area contributed by atoms with Crippen molar-refractivity contribution in [2.45, 2.75) is 20.5 Å². The zero-order valence-corrected chi connectivity index (χ0v) is 7.53. The van der Waals surface area contributed by atoms with E-state index in [9.17, 15) is 4.79 Å². The van der Waals surface area contributed by atoms with E-state index in [0.29, 0.717) is 5.76 Å². The molecule has 0 radical (unpaired) electrons. The van der Waals surface area contributed by atoms with Gasteiger partial charge < -0.3 is 14.4 Å². The van der Waals surface area contributed by atoms with Gasteiger partial charge in [0.15, 0.2) is 0 Å². The summed E-state index contributed by atoms with van der Waals surface area (Å²) in [5.41, 5.74) is 0.445. The third kappa shape index (κ3) is 1.86. The highest BCUT2D eigenvalue weighted by atomic mass is 16.5. The van der Waals surface area contributed by atoms with Crippen molar-refractivity contribution in [1.29, 1.82) is 0 Å². The fraction of sp³-hybridized carbons (Fsp3) is 0.500. The van der Waals surface area contributed by atoms with Crippen LogP contribution in [0.3, 0.4) is 0 Å². The van der Waals surface area contributed by atoms with Crippen molar-refractivity contribution in [3.63, 3.8) is 0 Å². The summed E-state index contributed by atoms with van der Waals surface area (Å²) in [6, 6.07) is 0. The third-order valence-electron chi connectivity index (χ3n) is 1.56. The Labute approximate surface area is 75.3 Å². The summed E-state index contributed by atoms with van der Waals surface area (Å²) in [5, 5.41) is 12.3. The molecule has 0 fully saturated rings. The Hall–Kier alpha value is -1.36. The highest BCUT2D eigenvalue weighted by Gasteiger charge is 2.20. The summed E-state index contributed by atoms with van der Waals surface area (Å²) in [6.07, 6.45) is 0. The molecular formula is C8H11NO4. The van der Waals surface area contributed by atoms with Crippen molar-refractivity contribution in [3.8, 4) is 0 Å². The molecule has 0 saturated carbocycles. The zero-order valence-electron chi connectivity index (χ0n) is 7.53. The summed E-state index contributed by atoms with van der Waals surface area (Å²) in [6.45, 7) is 3.26. The van der Waals surface area contributed by atoms with Crippen LogP contribution in [0.2, 0.25) is 0 Å². The smallest absolute Gasteiger partial charge is 0.343 e. The first-order chi connectivity index (χ1) is 6.20. The average molecular weight is 185 g/mol. The summed E-state index contributed by atoms with van der Waals surface area (Å²) in [5.74, 6) is -0.146. The standard InChI is InChI=1S/C8H11NO4/c1-3-12-8(11)7-5(2)13-9-6(7)4-10/h10H,3-4H2,1-2H3. The van der Waals surface area contributed by atoms with Crippen molar-refractivity contribution in [2.24, 2.45) is 0 Å². The molecule has 0 aliphatic carbocycles. The molecule has 0 saturated heterocycles. The maximum Gasteiger partial charge on any atom is 0.343 e. The molecule has 5 heteroatoms. The molecule has 0 atom stereocenters. The molecule has 1 N–H and O–H groups in total. The lowest BCUT2D eigenvalue weighted by Gasteiger charge is -1.99. The molecule has 0 spiro atoms. The third-order valence-corrected chi connectivity index (χ3v) is 1.56. The van der Waals surface area contributed by atoms with Gasteiger partial charge in [-0.1, -0.05) is 5.16 Å². The lowest BCUT2D eigenvalue weighted by atomic mass is 10.2. The van der Waals surface area contributed by atoms with Gasteiger partial charge in [-0.3, -0.25) is 0 Å². The predicted octanol–water partition coefficient (Wildman–Crippen LogP) is 0.652. The number of carbonyl (C=O) groups is 1. The Bertz CT molecular complexity index is 305. The predicted molar refractivity (Wildman–Crippen MR) is 43.1 cm³/mol. The number of aliphatic hydroxyl groups excluding tert-OH is 1. The summed E-state index contributed by atoms with van der Waals surface area (Å²) < 4.78 is 9.50. The van der Waals surface area contributed by atoms with Gasteiger partial charge in [-0.15, -0.1) is 0 Å². The maximum atomic E-state index is 11.3. The molecule has 13 heavy (non-hydrogen) atoms. The monoisotopic (exact) mass is 185 g/mol. The molecule has 0 amide bonds.